The Morgan fingerprint density at radius 3 is 2.08 bits per heavy atom. The molecule has 0 bridgehead atoms. The van der Waals surface area contributed by atoms with Crippen molar-refractivity contribution in [1.29, 1.82) is 0 Å². The largest absolute Gasteiger partial charge is 0.358 e. The van der Waals surface area contributed by atoms with Gasteiger partial charge in [0.05, 0.1) is 5.57 Å². The van der Waals surface area contributed by atoms with E-state index in [2.05, 4.69) is 38.2 Å². The van der Waals surface area contributed by atoms with Crippen LogP contribution in [0.15, 0.2) is 35.5 Å². The van der Waals surface area contributed by atoms with E-state index in [1.807, 2.05) is 26.0 Å². The summed E-state index contributed by atoms with van der Waals surface area (Å²) < 4.78 is 0. The lowest BCUT2D eigenvalue weighted by molar-refractivity contribution is -0.127. The molecule has 3 heteroatoms. The Hall–Kier alpha value is -1.90. The van der Waals surface area contributed by atoms with Crippen LogP contribution in [0.2, 0.25) is 0 Å². The van der Waals surface area contributed by atoms with Gasteiger partial charge in [-0.05, 0) is 41.9 Å². The first kappa shape index (κ1) is 18.4. The highest BCUT2D eigenvalue weighted by Gasteiger charge is 2.37. The Bertz CT molecular complexity index is 629. The molecular formula is C21H29NO2. The summed E-state index contributed by atoms with van der Waals surface area (Å²) in [6.45, 7) is 10.3. The molecule has 1 aromatic carbocycles. The van der Waals surface area contributed by atoms with Crippen molar-refractivity contribution in [3.8, 4) is 0 Å². The number of ketones is 2. The van der Waals surface area contributed by atoms with Crippen LogP contribution in [0.3, 0.4) is 0 Å². The summed E-state index contributed by atoms with van der Waals surface area (Å²) in [4.78, 5) is 25.2. The van der Waals surface area contributed by atoms with Crippen molar-refractivity contribution in [3.05, 3.63) is 41.1 Å². The van der Waals surface area contributed by atoms with E-state index in [9.17, 15) is 9.59 Å². The molecule has 1 N–H and O–H groups in total. The molecule has 0 atom stereocenters. The fourth-order valence-corrected chi connectivity index (χ4v) is 3.22. The van der Waals surface area contributed by atoms with E-state index < -0.39 is 0 Å². The SMILES string of the molecule is CCc1ccc(NC(CC(C)C)=C2C(=O)CC(C)(C)CC2=O)cc1. The van der Waals surface area contributed by atoms with Crippen molar-refractivity contribution >= 4 is 17.3 Å². The number of anilines is 1. The molecule has 1 aliphatic carbocycles. The molecule has 0 unspecified atom stereocenters. The number of benzene rings is 1. The Morgan fingerprint density at radius 2 is 1.62 bits per heavy atom. The Kier molecular flexibility index (Phi) is 5.63. The second-order valence-electron chi connectivity index (χ2n) is 7.99. The number of nitrogens with one attached hydrogen (secondary N) is 1. The Balaban J connectivity index is 2.36. The molecule has 1 aliphatic rings. The molecule has 0 aliphatic heterocycles. The van der Waals surface area contributed by atoms with E-state index >= 15 is 0 Å². The van der Waals surface area contributed by atoms with Crippen molar-refractivity contribution < 1.29 is 9.59 Å². The zero-order valence-corrected chi connectivity index (χ0v) is 15.5. The second kappa shape index (κ2) is 7.33. The van der Waals surface area contributed by atoms with Gasteiger partial charge in [0, 0.05) is 24.2 Å². The third kappa shape index (κ3) is 4.56. The molecule has 3 nitrogen and oxygen atoms in total. The molecule has 24 heavy (non-hydrogen) atoms. The Labute approximate surface area is 145 Å². The summed E-state index contributed by atoms with van der Waals surface area (Å²) in [5.41, 5.74) is 3.14. The molecular weight excluding hydrogens is 298 g/mol. The molecule has 0 amide bonds. The van der Waals surface area contributed by atoms with Gasteiger partial charge in [-0.1, -0.05) is 46.8 Å². The van der Waals surface area contributed by atoms with Crippen molar-refractivity contribution in [3.63, 3.8) is 0 Å². The van der Waals surface area contributed by atoms with Crippen LogP contribution < -0.4 is 5.32 Å². The maximum atomic E-state index is 12.6. The standard InChI is InChI=1S/C21H29NO2/c1-6-15-7-9-16(10-8-15)22-17(11-14(2)3)20-18(23)12-21(4,5)13-19(20)24/h7-10,14,22H,6,11-13H2,1-5H3. The average Bonchev–Trinajstić information content (AvgIpc) is 2.45. The van der Waals surface area contributed by atoms with Gasteiger partial charge in [0.2, 0.25) is 0 Å². The fourth-order valence-electron chi connectivity index (χ4n) is 3.22. The normalized spacial score (nSPS) is 17.3. The maximum Gasteiger partial charge on any atom is 0.168 e. The third-order valence-corrected chi connectivity index (χ3v) is 4.41. The molecule has 2 rings (SSSR count). The number of rotatable bonds is 5. The zero-order valence-electron chi connectivity index (χ0n) is 15.5. The lowest BCUT2D eigenvalue weighted by Gasteiger charge is -2.30. The van der Waals surface area contributed by atoms with Crippen molar-refractivity contribution in [2.24, 2.45) is 11.3 Å². The van der Waals surface area contributed by atoms with Gasteiger partial charge in [0.15, 0.2) is 11.6 Å². The summed E-state index contributed by atoms with van der Waals surface area (Å²) in [6, 6.07) is 8.18. The highest BCUT2D eigenvalue weighted by molar-refractivity contribution is 6.23. The minimum Gasteiger partial charge on any atom is -0.358 e. The van der Waals surface area contributed by atoms with Gasteiger partial charge in [-0.15, -0.1) is 0 Å². The van der Waals surface area contributed by atoms with Gasteiger partial charge >= 0.3 is 0 Å². The first-order valence-electron chi connectivity index (χ1n) is 8.87. The number of aryl methyl sites for hydroxylation is 1. The predicted octanol–water partition coefficient (Wildman–Crippen LogP) is 4.92. The molecule has 0 heterocycles. The second-order valence-corrected chi connectivity index (χ2v) is 7.99. The molecule has 1 saturated carbocycles. The van der Waals surface area contributed by atoms with Crippen LogP contribution in [0, 0.1) is 11.3 Å². The van der Waals surface area contributed by atoms with Crippen LogP contribution >= 0.6 is 0 Å². The number of Topliss-reactive ketones (excluding diaryl/α,β-unsaturated/α-hetero) is 2. The summed E-state index contributed by atoms with van der Waals surface area (Å²) in [7, 11) is 0. The van der Waals surface area contributed by atoms with Gasteiger partial charge in [0.25, 0.3) is 0 Å². The maximum absolute atomic E-state index is 12.6. The lowest BCUT2D eigenvalue weighted by atomic mass is 9.73. The van der Waals surface area contributed by atoms with Gasteiger partial charge in [-0.3, -0.25) is 9.59 Å². The minimum absolute atomic E-state index is 0.0235. The predicted molar refractivity (Wildman–Crippen MR) is 99.0 cm³/mol. The van der Waals surface area contributed by atoms with Crippen LogP contribution in [0.1, 0.15) is 59.4 Å². The van der Waals surface area contributed by atoms with Gasteiger partial charge in [0.1, 0.15) is 0 Å². The number of carbonyl (C=O) groups is 2. The summed E-state index contributed by atoms with van der Waals surface area (Å²) >= 11 is 0. The first-order valence-corrected chi connectivity index (χ1v) is 8.87. The van der Waals surface area contributed by atoms with Crippen LogP contribution in [-0.4, -0.2) is 11.6 Å². The molecule has 0 aromatic heterocycles. The average molecular weight is 327 g/mol. The van der Waals surface area contributed by atoms with E-state index in [0.717, 1.165) is 17.8 Å². The van der Waals surface area contributed by atoms with Crippen molar-refractivity contribution in [1.82, 2.24) is 0 Å². The van der Waals surface area contributed by atoms with Gasteiger partial charge in [-0.2, -0.15) is 0 Å². The smallest absolute Gasteiger partial charge is 0.168 e. The van der Waals surface area contributed by atoms with E-state index in [4.69, 9.17) is 0 Å². The molecule has 0 spiro atoms. The summed E-state index contributed by atoms with van der Waals surface area (Å²) in [5, 5.41) is 3.36. The van der Waals surface area contributed by atoms with Crippen LogP contribution in [0.4, 0.5) is 5.69 Å². The van der Waals surface area contributed by atoms with E-state index in [0.29, 0.717) is 30.8 Å². The van der Waals surface area contributed by atoms with Crippen molar-refractivity contribution in [2.45, 2.75) is 60.3 Å². The lowest BCUT2D eigenvalue weighted by Crippen LogP contribution is -2.33. The third-order valence-electron chi connectivity index (χ3n) is 4.41. The van der Waals surface area contributed by atoms with E-state index in [1.165, 1.54) is 5.56 Å². The van der Waals surface area contributed by atoms with Gasteiger partial charge in [-0.25, -0.2) is 0 Å². The number of hydrogen-bond acceptors (Lipinski definition) is 3. The zero-order chi connectivity index (χ0) is 17.9. The quantitative estimate of drug-likeness (QED) is 0.617. The molecule has 1 aromatic rings. The molecule has 0 radical (unpaired) electrons. The molecule has 1 fully saturated rings. The fraction of sp³-hybridized carbons (Fsp3) is 0.524. The molecule has 0 saturated heterocycles. The van der Waals surface area contributed by atoms with E-state index in [1.54, 1.807) is 0 Å². The van der Waals surface area contributed by atoms with Gasteiger partial charge < -0.3 is 5.32 Å². The minimum atomic E-state index is -0.233. The van der Waals surface area contributed by atoms with E-state index in [-0.39, 0.29) is 17.0 Å². The first-order chi connectivity index (χ1) is 11.2. The highest BCUT2D eigenvalue weighted by atomic mass is 16.2. The molecule has 130 valence electrons. The number of allylic oxidation sites excluding steroid dienone is 2. The monoisotopic (exact) mass is 327 g/mol. The highest BCUT2D eigenvalue weighted by Crippen LogP contribution is 2.35. The van der Waals surface area contributed by atoms with Crippen LogP contribution in [0.25, 0.3) is 0 Å². The van der Waals surface area contributed by atoms with Crippen molar-refractivity contribution in [2.75, 3.05) is 5.32 Å². The van der Waals surface area contributed by atoms with Crippen LogP contribution in [0.5, 0.6) is 0 Å². The Morgan fingerprint density at radius 1 is 1.08 bits per heavy atom. The summed E-state index contributed by atoms with van der Waals surface area (Å²) in [5.74, 6) is 0.319. The number of hydrogen-bond donors (Lipinski definition) is 1. The summed E-state index contributed by atoms with van der Waals surface area (Å²) in [6.07, 6.45) is 2.56. The topological polar surface area (TPSA) is 46.2 Å². The van der Waals surface area contributed by atoms with Crippen LogP contribution in [-0.2, 0) is 16.0 Å². The number of carbonyl (C=O) groups excluding carboxylic acids is 2.